The van der Waals surface area contributed by atoms with E-state index >= 15 is 0 Å². The third-order valence-corrected chi connectivity index (χ3v) is 4.81. The molecule has 2 heterocycles. The van der Waals surface area contributed by atoms with Crippen molar-refractivity contribution in [2.75, 3.05) is 0 Å². The molecule has 0 saturated carbocycles. The Hall–Kier alpha value is -2.60. The number of nitrogens with two attached hydrogens (primary N) is 1. The molecule has 2 aromatic rings. The molecule has 0 fully saturated rings. The first-order valence-corrected chi connectivity index (χ1v) is 8.04. The Morgan fingerprint density at radius 2 is 1.78 bits per heavy atom. The highest BCUT2D eigenvalue weighted by Gasteiger charge is 2.37. The third kappa shape index (κ3) is 2.51. The van der Waals surface area contributed by atoms with Crippen molar-refractivity contribution in [3.8, 4) is 0 Å². The third-order valence-electron chi connectivity index (χ3n) is 3.63. The van der Waals surface area contributed by atoms with Gasteiger partial charge in [-0.1, -0.05) is 60.3 Å². The molecule has 0 aromatic heterocycles. The molecule has 23 heavy (non-hydrogen) atoms. The summed E-state index contributed by atoms with van der Waals surface area (Å²) in [6.07, 6.45) is -0.551. The molecule has 114 valence electrons. The van der Waals surface area contributed by atoms with E-state index in [1.165, 1.54) is 11.8 Å². The van der Waals surface area contributed by atoms with Crippen LogP contribution in [0, 0.1) is 0 Å². The molecule has 5 nitrogen and oxygen atoms in total. The number of carbonyl (C=O) groups is 1. The van der Waals surface area contributed by atoms with Crippen molar-refractivity contribution in [1.82, 2.24) is 0 Å². The van der Waals surface area contributed by atoms with E-state index in [-0.39, 0.29) is 11.3 Å². The summed E-state index contributed by atoms with van der Waals surface area (Å²) in [5.41, 5.74) is 8.15. The topological polar surface area (TPSA) is 77.0 Å². The van der Waals surface area contributed by atoms with Crippen LogP contribution in [-0.4, -0.2) is 29.1 Å². The van der Waals surface area contributed by atoms with Gasteiger partial charge in [-0.05, 0) is 6.07 Å². The Morgan fingerprint density at radius 3 is 2.57 bits per heavy atom. The van der Waals surface area contributed by atoms with Gasteiger partial charge in [-0.15, -0.1) is 0 Å². The number of primary amides is 1. The summed E-state index contributed by atoms with van der Waals surface area (Å²) >= 11 is 1.53. The fraction of sp³-hybridized carbons (Fsp3) is 0.118. The number of rotatable bonds is 2. The first-order chi connectivity index (χ1) is 11.2. The minimum atomic E-state index is -0.664. The molecule has 2 atom stereocenters. The molecule has 2 aliphatic heterocycles. The predicted molar refractivity (Wildman–Crippen MR) is 89.7 cm³/mol. The fourth-order valence-electron chi connectivity index (χ4n) is 2.60. The van der Waals surface area contributed by atoms with Crippen molar-refractivity contribution in [3.05, 3.63) is 65.7 Å². The van der Waals surface area contributed by atoms with E-state index in [9.17, 15) is 4.79 Å². The van der Waals surface area contributed by atoms with Gasteiger partial charge >= 0.3 is 5.91 Å². The van der Waals surface area contributed by atoms with E-state index < -0.39 is 12.1 Å². The summed E-state index contributed by atoms with van der Waals surface area (Å²) in [7, 11) is 0. The Bertz CT molecular complexity index is 833. The van der Waals surface area contributed by atoms with E-state index in [1.807, 2.05) is 54.6 Å². The van der Waals surface area contributed by atoms with Gasteiger partial charge in [0.1, 0.15) is 0 Å². The Kier molecular flexibility index (Phi) is 3.38. The van der Waals surface area contributed by atoms with Crippen molar-refractivity contribution in [1.29, 1.82) is 0 Å². The average Bonchev–Trinajstić information content (AvgIpc) is 2.90. The van der Waals surface area contributed by atoms with E-state index in [1.54, 1.807) is 0 Å². The number of hydrogen-bond acceptors (Lipinski definition) is 5. The molecule has 2 unspecified atom stereocenters. The van der Waals surface area contributed by atoms with Crippen molar-refractivity contribution in [2.24, 2.45) is 15.7 Å². The maximum atomic E-state index is 11.3. The molecule has 0 aliphatic carbocycles. The van der Waals surface area contributed by atoms with Crippen molar-refractivity contribution in [3.63, 3.8) is 0 Å². The normalized spacial score (nSPS) is 22.1. The molecule has 0 spiro atoms. The van der Waals surface area contributed by atoms with Crippen LogP contribution >= 0.6 is 11.8 Å². The van der Waals surface area contributed by atoms with Crippen LogP contribution in [0.1, 0.15) is 11.1 Å². The van der Waals surface area contributed by atoms with Crippen LogP contribution in [0.2, 0.25) is 0 Å². The largest absolute Gasteiger partial charge is 0.445 e. The van der Waals surface area contributed by atoms with E-state index in [0.717, 1.165) is 21.7 Å². The van der Waals surface area contributed by atoms with E-state index in [0.29, 0.717) is 0 Å². The van der Waals surface area contributed by atoms with Crippen molar-refractivity contribution < 1.29 is 9.53 Å². The first kappa shape index (κ1) is 14.0. The van der Waals surface area contributed by atoms with Crippen molar-refractivity contribution in [2.45, 2.75) is 16.5 Å². The molecule has 0 bridgehead atoms. The zero-order chi connectivity index (χ0) is 15.8. The standard InChI is InChI=1S/C17H13N3O2S/c18-14(21)15-20-17-16(22-15)19-13(10-6-2-1-3-7-10)11-8-4-5-9-12(11)23-17/h1-9,16-17H,(H2,18,21). The van der Waals surface area contributed by atoms with Crippen LogP contribution < -0.4 is 5.73 Å². The second-order valence-corrected chi connectivity index (χ2v) is 6.31. The number of benzene rings is 2. The molecule has 2 aromatic carbocycles. The number of thioether (sulfide) groups is 1. The minimum Gasteiger partial charge on any atom is -0.445 e. The van der Waals surface area contributed by atoms with E-state index in [4.69, 9.17) is 15.5 Å². The predicted octanol–water partition coefficient (Wildman–Crippen LogP) is 2.20. The fourth-order valence-corrected chi connectivity index (χ4v) is 3.69. The quantitative estimate of drug-likeness (QED) is 0.920. The van der Waals surface area contributed by atoms with Gasteiger partial charge in [0.25, 0.3) is 5.90 Å². The molecule has 2 N–H and O–H groups in total. The molecule has 2 aliphatic rings. The molecular weight excluding hydrogens is 310 g/mol. The summed E-state index contributed by atoms with van der Waals surface area (Å²) in [5, 5.41) is -0.306. The summed E-state index contributed by atoms with van der Waals surface area (Å²) in [6.45, 7) is 0. The van der Waals surface area contributed by atoms with Crippen LogP contribution in [0.25, 0.3) is 0 Å². The maximum absolute atomic E-state index is 11.3. The highest BCUT2D eigenvalue weighted by Crippen LogP contribution is 2.38. The molecule has 1 amide bonds. The van der Waals surface area contributed by atoms with Gasteiger partial charge in [0.2, 0.25) is 6.23 Å². The van der Waals surface area contributed by atoms with Crippen molar-refractivity contribution >= 4 is 29.3 Å². The second-order valence-electron chi connectivity index (χ2n) is 5.16. The Balaban J connectivity index is 1.84. The first-order valence-electron chi connectivity index (χ1n) is 7.16. The lowest BCUT2D eigenvalue weighted by Crippen LogP contribution is -2.26. The molecule has 0 saturated heterocycles. The summed E-state index contributed by atoms with van der Waals surface area (Å²) in [4.78, 5) is 21.4. The smallest absolute Gasteiger partial charge is 0.303 e. The van der Waals surface area contributed by atoms with Crippen LogP contribution in [0.4, 0.5) is 0 Å². The Labute approximate surface area is 137 Å². The number of nitrogens with zero attached hydrogens (tertiary/aromatic N) is 2. The monoisotopic (exact) mass is 323 g/mol. The van der Waals surface area contributed by atoms with Crippen LogP contribution in [0.15, 0.2) is 69.5 Å². The summed E-state index contributed by atoms with van der Waals surface area (Å²) in [5.74, 6) is -0.716. The average molecular weight is 323 g/mol. The van der Waals surface area contributed by atoms with Crippen LogP contribution in [0.5, 0.6) is 0 Å². The Morgan fingerprint density at radius 1 is 1.04 bits per heavy atom. The lowest BCUT2D eigenvalue weighted by molar-refractivity contribution is -0.113. The lowest BCUT2D eigenvalue weighted by atomic mass is 10.0. The number of aliphatic imine (C=N–C) groups is 2. The van der Waals surface area contributed by atoms with Crippen LogP contribution in [-0.2, 0) is 9.53 Å². The number of carbonyl (C=O) groups excluding carboxylic acids is 1. The maximum Gasteiger partial charge on any atom is 0.303 e. The van der Waals surface area contributed by atoms with Gasteiger partial charge in [-0.2, -0.15) is 0 Å². The molecule has 6 heteroatoms. The van der Waals surface area contributed by atoms with Gasteiger partial charge in [0.05, 0.1) is 5.71 Å². The highest BCUT2D eigenvalue weighted by molar-refractivity contribution is 8.00. The second kappa shape index (κ2) is 5.55. The molecule has 4 rings (SSSR count). The zero-order valence-electron chi connectivity index (χ0n) is 12.0. The molecule has 0 radical (unpaired) electrons. The van der Waals surface area contributed by atoms with Gasteiger partial charge in [-0.3, -0.25) is 4.79 Å². The molecular formula is C17H13N3O2S. The summed E-state index contributed by atoms with van der Waals surface area (Å²) < 4.78 is 5.56. The van der Waals surface area contributed by atoms with E-state index in [2.05, 4.69) is 4.99 Å². The number of ether oxygens (including phenoxy) is 1. The van der Waals surface area contributed by atoms with Gasteiger partial charge in [-0.25, -0.2) is 9.98 Å². The van der Waals surface area contributed by atoms with Crippen LogP contribution in [0.3, 0.4) is 0 Å². The SMILES string of the molecule is NC(=O)C1=NC2Sc3ccccc3C(c3ccccc3)=NC2O1. The summed E-state index contributed by atoms with van der Waals surface area (Å²) in [6, 6.07) is 17.9. The van der Waals surface area contributed by atoms with Gasteiger partial charge < -0.3 is 10.5 Å². The van der Waals surface area contributed by atoms with Gasteiger partial charge in [0.15, 0.2) is 5.37 Å². The highest BCUT2D eigenvalue weighted by atomic mass is 32.2. The van der Waals surface area contributed by atoms with Gasteiger partial charge in [0, 0.05) is 16.0 Å². The zero-order valence-corrected chi connectivity index (χ0v) is 12.9. The number of amides is 1. The minimum absolute atomic E-state index is 0.0527. The number of fused-ring (bicyclic) bond motifs is 2. The lowest BCUT2D eigenvalue weighted by Gasteiger charge is -2.10. The number of hydrogen-bond donors (Lipinski definition) is 1.